The third-order valence-electron chi connectivity index (χ3n) is 2.63. The van der Waals surface area contributed by atoms with Gasteiger partial charge in [-0.2, -0.15) is 0 Å². The molecule has 1 heterocycles. The second kappa shape index (κ2) is 7.05. The second-order valence-corrected chi connectivity index (χ2v) is 8.47. The molecule has 2 aromatic rings. The minimum atomic E-state index is 0.157. The van der Waals surface area contributed by atoms with Crippen LogP contribution in [0.4, 0.5) is 0 Å². The molecule has 0 amide bonds. The quantitative estimate of drug-likeness (QED) is 0.526. The highest BCUT2D eigenvalue weighted by molar-refractivity contribution is 9.13. The third-order valence-corrected chi connectivity index (χ3v) is 6.87. The zero-order valence-corrected chi connectivity index (χ0v) is 16.3. The highest BCUT2D eigenvalue weighted by atomic mass is 79.9. The van der Waals surface area contributed by atoms with E-state index in [-0.39, 0.29) is 6.04 Å². The van der Waals surface area contributed by atoms with Crippen molar-refractivity contribution < 1.29 is 0 Å². The van der Waals surface area contributed by atoms with Gasteiger partial charge in [-0.3, -0.25) is 0 Å². The summed E-state index contributed by atoms with van der Waals surface area (Å²) in [6, 6.07) is 8.21. The SMILES string of the molecule is CCNC(c1cc(Br)c(Br)s1)c1ccc(Cl)cc1Br. The fraction of sp³-hybridized carbons (Fsp3) is 0.231. The van der Waals surface area contributed by atoms with Crippen molar-refractivity contribution in [2.24, 2.45) is 0 Å². The summed E-state index contributed by atoms with van der Waals surface area (Å²) in [6.45, 7) is 3.00. The Morgan fingerprint density at radius 2 is 1.95 bits per heavy atom. The summed E-state index contributed by atoms with van der Waals surface area (Å²) in [6.07, 6.45) is 0. The van der Waals surface area contributed by atoms with Crippen LogP contribution in [0.25, 0.3) is 0 Å². The molecule has 19 heavy (non-hydrogen) atoms. The van der Waals surface area contributed by atoms with Gasteiger partial charge < -0.3 is 5.32 Å². The van der Waals surface area contributed by atoms with E-state index in [1.807, 2.05) is 12.1 Å². The van der Waals surface area contributed by atoms with Crippen LogP contribution in [0.2, 0.25) is 5.02 Å². The van der Waals surface area contributed by atoms with Crippen LogP contribution in [0.3, 0.4) is 0 Å². The molecule has 0 aliphatic heterocycles. The van der Waals surface area contributed by atoms with E-state index in [9.17, 15) is 0 Å². The molecular weight excluding hydrogens is 477 g/mol. The van der Waals surface area contributed by atoms with Gasteiger partial charge in [0.2, 0.25) is 0 Å². The lowest BCUT2D eigenvalue weighted by Gasteiger charge is -2.18. The van der Waals surface area contributed by atoms with E-state index in [0.29, 0.717) is 0 Å². The Kier molecular flexibility index (Phi) is 5.93. The van der Waals surface area contributed by atoms with E-state index in [1.54, 1.807) is 11.3 Å². The number of benzene rings is 1. The van der Waals surface area contributed by atoms with E-state index in [4.69, 9.17) is 11.6 Å². The van der Waals surface area contributed by atoms with Crippen molar-refractivity contribution >= 4 is 70.7 Å². The van der Waals surface area contributed by atoms with Gasteiger partial charge in [0.25, 0.3) is 0 Å². The van der Waals surface area contributed by atoms with Crippen LogP contribution < -0.4 is 5.32 Å². The van der Waals surface area contributed by atoms with Crippen molar-refractivity contribution in [3.8, 4) is 0 Å². The predicted molar refractivity (Wildman–Crippen MR) is 94.4 cm³/mol. The predicted octanol–water partition coefficient (Wildman–Crippen LogP) is 6.39. The number of hydrogen-bond acceptors (Lipinski definition) is 2. The number of thiophene rings is 1. The van der Waals surface area contributed by atoms with Gasteiger partial charge >= 0.3 is 0 Å². The van der Waals surface area contributed by atoms with Gasteiger partial charge in [-0.05, 0) is 62.2 Å². The fourth-order valence-electron chi connectivity index (χ4n) is 1.81. The highest BCUT2D eigenvalue weighted by Gasteiger charge is 2.19. The Balaban J connectivity index is 2.44. The largest absolute Gasteiger partial charge is 0.306 e. The van der Waals surface area contributed by atoms with Crippen molar-refractivity contribution in [1.29, 1.82) is 0 Å². The van der Waals surface area contributed by atoms with Crippen LogP contribution in [0, 0.1) is 0 Å². The average Bonchev–Trinajstić information content (AvgIpc) is 2.67. The lowest BCUT2D eigenvalue weighted by Crippen LogP contribution is -2.21. The smallest absolute Gasteiger partial charge is 0.0843 e. The van der Waals surface area contributed by atoms with Crippen molar-refractivity contribution in [2.45, 2.75) is 13.0 Å². The fourth-order valence-corrected chi connectivity index (χ4v) is 4.91. The molecule has 0 spiro atoms. The Morgan fingerprint density at radius 3 is 2.47 bits per heavy atom. The molecule has 2 rings (SSSR count). The van der Waals surface area contributed by atoms with E-state index >= 15 is 0 Å². The average molecular weight is 488 g/mol. The lowest BCUT2D eigenvalue weighted by molar-refractivity contribution is 0.637. The van der Waals surface area contributed by atoms with Crippen LogP contribution in [-0.4, -0.2) is 6.54 Å². The van der Waals surface area contributed by atoms with Gasteiger partial charge in [-0.15, -0.1) is 11.3 Å². The molecule has 1 nitrogen and oxygen atoms in total. The molecule has 0 saturated carbocycles. The van der Waals surface area contributed by atoms with Crippen molar-refractivity contribution in [3.63, 3.8) is 0 Å². The van der Waals surface area contributed by atoms with Gasteiger partial charge in [-0.1, -0.05) is 40.5 Å². The summed E-state index contributed by atoms with van der Waals surface area (Å²) in [5.74, 6) is 0. The molecule has 102 valence electrons. The first-order valence-corrected chi connectivity index (χ1v) is 9.23. The number of nitrogens with one attached hydrogen (secondary N) is 1. The van der Waals surface area contributed by atoms with Crippen LogP contribution >= 0.6 is 70.7 Å². The minimum absolute atomic E-state index is 0.157. The Labute approximate surface area is 147 Å². The molecule has 0 aliphatic rings. The molecule has 0 fully saturated rings. The molecule has 0 bridgehead atoms. The molecule has 0 saturated heterocycles. The molecule has 6 heteroatoms. The summed E-state index contributed by atoms with van der Waals surface area (Å²) < 4.78 is 3.21. The Bertz CT molecular complexity index is 566. The van der Waals surface area contributed by atoms with Gasteiger partial charge in [0.1, 0.15) is 0 Å². The van der Waals surface area contributed by atoms with E-state index in [0.717, 1.165) is 24.3 Å². The third kappa shape index (κ3) is 3.83. The standard InChI is InChI=1S/C13H11Br3ClNS/c1-2-18-12(11-6-10(15)13(16)19-11)8-4-3-7(17)5-9(8)14/h3-6,12,18H,2H2,1H3. The molecule has 1 N–H and O–H groups in total. The molecule has 1 unspecified atom stereocenters. The Hall–Kier alpha value is 0.610. The maximum Gasteiger partial charge on any atom is 0.0843 e. The number of halogens is 4. The molecular formula is C13H11Br3ClNS. The molecule has 0 aliphatic carbocycles. The summed E-state index contributed by atoms with van der Waals surface area (Å²) >= 11 is 18.4. The zero-order chi connectivity index (χ0) is 14.0. The van der Waals surface area contributed by atoms with E-state index < -0.39 is 0 Å². The van der Waals surface area contributed by atoms with E-state index in [2.05, 4.69) is 72.2 Å². The Morgan fingerprint density at radius 1 is 1.21 bits per heavy atom. The normalized spacial score (nSPS) is 12.7. The maximum atomic E-state index is 6.01. The minimum Gasteiger partial charge on any atom is -0.306 e. The van der Waals surface area contributed by atoms with Crippen LogP contribution in [0.1, 0.15) is 23.4 Å². The summed E-state index contributed by atoms with van der Waals surface area (Å²) in [5, 5.41) is 4.25. The van der Waals surface area contributed by atoms with E-state index in [1.165, 1.54) is 10.4 Å². The van der Waals surface area contributed by atoms with Gasteiger partial charge in [0, 0.05) is 18.8 Å². The first-order chi connectivity index (χ1) is 9.02. The van der Waals surface area contributed by atoms with Gasteiger partial charge in [0.15, 0.2) is 0 Å². The summed E-state index contributed by atoms with van der Waals surface area (Å²) in [4.78, 5) is 1.25. The lowest BCUT2D eigenvalue weighted by atomic mass is 10.1. The molecule has 0 radical (unpaired) electrons. The summed E-state index contributed by atoms with van der Waals surface area (Å²) in [5.41, 5.74) is 1.19. The highest BCUT2D eigenvalue weighted by Crippen LogP contribution is 2.39. The van der Waals surface area contributed by atoms with Crippen molar-refractivity contribution in [3.05, 3.63) is 52.5 Å². The van der Waals surface area contributed by atoms with Crippen molar-refractivity contribution in [1.82, 2.24) is 5.32 Å². The second-order valence-electron chi connectivity index (χ2n) is 3.93. The van der Waals surface area contributed by atoms with Crippen LogP contribution in [-0.2, 0) is 0 Å². The zero-order valence-electron chi connectivity index (χ0n) is 10.0. The summed E-state index contributed by atoms with van der Waals surface area (Å²) in [7, 11) is 0. The topological polar surface area (TPSA) is 12.0 Å². The van der Waals surface area contributed by atoms with Gasteiger partial charge in [0.05, 0.1) is 9.83 Å². The van der Waals surface area contributed by atoms with Gasteiger partial charge in [-0.25, -0.2) is 0 Å². The number of hydrogen-bond donors (Lipinski definition) is 1. The number of rotatable bonds is 4. The van der Waals surface area contributed by atoms with Crippen LogP contribution in [0.5, 0.6) is 0 Å². The molecule has 1 atom stereocenters. The first kappa shape index (κ1) is 16.0. The monoisotopic (exact) mass is 485 g/mol. The van der Waals surface area contributed by atoms with Crippen molar-refractivity contribution in [2.75, 3.05) is 6.54 Å². The molecule has 1 aromatic heterocycles. The maximum absolute atomic E-state index is 6.01. The molecule has 1 aromatic carbocycles. The first-order valence-electron chi connectivity index (χ1n) is 5.66. The van der Waals surface area contributed by atoms with Crippen LogP contribution in [0.15, 0.2) is 37.0 Å².